The van der Waals surface area contributed by atoms with Gasteiger partial charge in [0.2, 0.25) is 0 Å². The minimum absolute atomic E-state index is 0.903. The van der Waals surface area contributed by atoms with Gasteiger partial charge in [-0.1, -0.05) is 0 Å². The molecule has 0 aliphatic carbocycles. The molecule has 2 heterocycles. The highest BCUT2D eigenvalue weighted by atomic mass is 15.0. The van der Waals surface area contributed by atoms with E-state index in [0.29, 0.717) is 0 Å². The van der Waals surface area contributed by atoms with Gasteiger partial charge in [0.25, 0.3) is 0 Å². The quantitative estimate of drug-likeness (QED) is 0.537. The van der Waals surface area contributed by atoms with E-state index in [1.54, 1.807) is 12.4 Å². The van der Waals surface area contributed by atoms with Crippen molar-refractivity contribution < 1.29 is 0 Å². The maximum absolute atomic E-state index is 4.12. The summed E-state index contributed by atoms with van der Waals surface area (Å²) in [5, 5.41) is 0. The van der Waals surface area contributed by atoms with Gasteiger partial charge in [-0.3, -0.25) is 4.98 Å². The number of aryl methyl sites for hydroxylation is 1. The zero-order valence-corrected chi connectivity index (χ0v) is 5.65. The fourth-order valence-electron chi connectivity index (χ4n) is 0.969. The largest absolute Gasteiger partial charge is 0.302 e. The minimum Gasteiger partial charge on any atom is -0.302 e. The van der Waals surface area contributed by atoms with Crippen molar-refractivity contribution in [2.45, 2.75) is 6.92 Å². The summed E-state index contributed by atoms with van der Waals surface area (Å²) >= 11 is 0. The molecule has 0 fully saturated rings. The molecule has 2 aromatic heterocycles. The molecule has 0 aliphatic rings. The van der Waals surface area contributed by atoms with Crippen molar-refractivity contribution in [3.63, 3.8) is 0 Å². The number of rotatable bonds is 0. The van der Waals surface area contributed by atoms with Crippen molar-refractivity contribution in [2.75, 3.05) is 0 Å². The first-order valence-corrected chi connectivity index (χ1v) is 3.11. The second kappa shape index (κ2) is 1.80. The average Bonchev–Trinajstić information content (AvgIpc) is 2.34. The highest BCUT2D eigenvalue weighted by Gasteiger charge is 1.94. The lowest BCUT2D eigenvalue weighted by Gasteiger charge is -1.91. The van der Waals surface area contributed by atoms with Gasteiger partial charge in [-0.05, 0) is 6.92 Å². The smallest absolute Gasteiger partial charge is 0.155 e. The van der Waals surface area contributed by atoms with E-state index in [1.165, 1.54) is 0 Å². The molecule has 0 saturated heterocycles. The molecule has 0 unspecified atom stereocenters. The molecular formula is C7H7N3. The number of fused-ring (bicyclic) bond motifs is 1. The molecule has 50 valence electrons. The Morgan fingerprint density at radius 3 is 3.10 bits per heavy atom. The van der Waals surface area contributed by atoms with Crippen molar-refractivity contribution in [1.29, 1.82) is 0 Å². The third-order valence-electron chi connectivity index (χ3n) is 1.50. The van der Waals surface area contributed by atoms with Crippen molar-refractivity contribution in [1.82, 2.24) is 14.4 Å². The van der Waals surface area contributed by atoms with Crippen LogP contribution in [0.1, 0.15) is 5.69 Å². The van der Waals surface area contributed by atoms with Crippen LogP contribution >= 0.6 is 0 Å². The lowest BCUT2D eigenvalue weighted by atomic mass is 10.5. The number of imidazole rings is 1. The highest BCUT2D eigenvalue weighted by molar-refractivity contribution is 5.36. The molecule has 2 aromatic rings. The molecule has 0 aromatic carbocycles. The van der Waals surface area contributed by atoms with E-state index in [1.807, 2.05) is 23.7 Å². The average molecular weight is 133 g/mol. The lowest BCUT2D eigenvalue weighted by Crippen LogP contribution is -1.85. The Hall–Kier alpha value is -1.38. The van der Waals surface area contributed by atoms with Gasteiger partial charge in [0.05, 0.1) is 6.20 Å². The number of aromatic nitrogens is 3. The van der Waals surface area contributed by atoms with Crippen LogP contribution in [0.5, 0.6) is 0 Å². The normalized spacial score (nSPS) is 10.5. The SMILES string of the molecule is Cc1cnc2cnccn12. The monoisotopic (exact) mass is 133 g/mol. The van der Waals surface area contributed by atoms with Crippen LogP contribution in [0.4, 0.5) is 0 Å². The molecule has 0 aliphatic heterocycles. The molecule has 3 heteroatoms. The fourth-order valence-corrected chi connectivity index (χ4v) is 0.969. The van der Waals surface area contributed by atoms with E-state index in [4.69, 9.17) is 0 Å². The van der Waals surface area contributed by atoms with E-state index in [9.17, 15) is 0 Å². The Morgan fingerprint density at radius 1 is 1.40 bits per heavy atom. The number of hydrogen-bond acceptors (Lipinski definition) is 2. The molecule has 0 N–H and O–H groups in total. The van der Waals surface area contributed by atoms with E-state index in [0.717, 1.165) is 11.3 Å². The third kappa shape index (κ3) is 0.603. The van der Waals surface area contributed by atoms with Crippen molar-refractivity contribution >= 4 is 5.65 Å². The summed E-state index contributed by atoms with van der Waals surface area (Å²) in [6.45, 7) is 2.01. The van der Waals surface area contributed by atoms with Gasteiger partial charge in [0.1, 0.15) is 0 Å². The molecule has 0 saturated carbocycles. The first-order chi connectivity index (χ1) is 4.88. The molecule has 0 amide bonds. The van der Waals surface area contributed by atoms with Crippen LogP contribution in [-0.2, 0) is 0 Å². The summed E-state index contributed by atoms with van der Waals surface area (Å²) in [4.78, 5) is 8.06. The Labute approximate surface area is 58.4 Å². The van der Waals surface area contributed by atoms with Crippen LogP contribution in [0.3, 0.4) is 0 Å². The molecule has 0 radical (unpaired) electrons. The Kier molecular flexibility index (Phi) is 0.974. The van der Waals surface area contributed by atoms with Gasteiger partial charge >= 0.3 is 0 Å². The highest BCUT2D eigenvalue weighted by Crippen LogP contribution is 2.01. The van der Waals surface area contributed by atoms with Gasteiger partial charge < -0.3 is 4.40 Å². The molecule has 10 heavy (non-hydrogen) atoms. The summed E-state index contributed by atoms with van der Waals surface area (Å²) in [5.41, 5.74) is 2.04. The fraction of sp³-hybridized carbons (Fsp3) is 0.143. The lowest BCUT2D eigenvalue weighted by molar-refractivity contribution is 1.07. The Bertz CT molecular complexity index is 350. The summed E-state index contributed by atoms with van der Waals surface area (Å²) in [7, 11) is 0. The standard InChI is InChI=1S/C7H7N3/c1-6-4-9-7-5-8-2-3-10(6)7/h2-5H,1H3. The molecule has 0 spiro atoms. The second-order valence-electron chi connectivity index (χ2n) is 2.20. The summed E-state index contributed by atoms with van der Waals surface area (Å²) in [6.07, 6.45) is 7.23. The predicted octanol–water partition coefficient (Wildman–Crippen LogP) is 1.04. The third-order valence-corrected chi connectivity index (χ3v) is 1.50. The van der Waals surface area contributed by atoms with Crippen LogP contribution in [0.2, 0.25) is 0 Å². The molecule has 0 bridgehead atoms. The van der Waals surface area contributed by atoms with Gasteiger partial charge in [-0.25, -0.2) is 4.98 Å². The first-order valence-electron chi connectivity index (χ1n) is 3.11. The van der Waals surface area contributed by atoms with E-state index < -0.39 is 0 Å². The Balaban J connectivity index is 2.93. The van der Waals surface area contributed by atoms with Crippen LogP contribution in [0.15, 0.2) is 24.8 Å². The zero-order chi connectivity index (χ0) is 6.97. The van der Waals surface area contributed by atoms with Crippen LogP contribution in [-0.4, -0.2) is 14.4 Å². The second-order valence-corrected chi connectivity index (χ2v) is 2.20. The molecular weight excluding hydrogens is 126 g/mol. The molecule has 3 nitrogen and oxygen atoms in total. The summed E-state index contributed by atoms with van der Waals surface area (Å²) in [6, 6.07) is 0. The van der Waals surface area contributed by atoms with Crippen molar-refractivity contribution in [3.05, 3.63) is 30.5 Å². The maximum Gasteiger partial charge on any atom is 0.155 e. The van der Waals surface area contributed by atoms with Crippen molar-refractivity contribution in [3.8, 4) is 0 Å². The van der Waals surface area contributed by atoms with Crippen LogP contribution in [0.25, 0.3) is 5.65 Å². The first kappa shape index (κ1) is 5.41. The van der Waals surface area contributed by atoms with E-state index in [-0.39, 0.29) is 0 Å². The Morgan fingerprint density at radius 2 is 2.30 bits per heavy atom. The topological polar surface area (TPSA) is 30.2 Å². The molecule has 0 atom stereocenters. The van der Waals surface area contributed by atoms with E-state index >= 15 is 0 Å². The maximum atomic E-state index is 4.12. The summed E-state index contributed by atoms with van der Waals surface area (Å²) in [5.74, 6) is 0. The predicted molar refractivity (Wildman–Crippen MR) is 37.7 cm³/mol. The van der Waals surface area contributed by atoms with Crippen molar-refractivity contribution in [2.24, 2.45) is 0 Å². The van der Waals surface area contributed by atoms with Gasteiger partial charge in [-0.2, -0.15) is 0 Å². The number of nitrogens with zero attached hydrogens (tertiary/aromatic N) is 3. The minimum atomic E-state index is 0.903. The van der Waals surface area contributed by atoms with Crippen LogP contribution < -0.4 is 0 Å². The zero-order valence-electron chi connectivity index (χ0n) is 5.65. The van der Waals surface area contributed by atoms with Gasteiger partial charge in [-0.15, -0.1) is 0 Å². The molecule has 2 rings (SSSR count). The van der Waals surface area contributed by atoms with Crippen LogP contribution in [0, 0.1) is 6.92 Å². The van der Waals surface area contributed by atoms with Gasteiger partial charge in [0.15, 0.2) is 5.65 Å². The van der Waals surface area contributed by atoms with Gasteiger partial charge in [0, 0.05) is 24.3 Å². The summed E-state index contributed by atoms with van der Waals surface area (Å²) < 4.78 is 1.99. The number of hydrogen-bond donors (Lipinski definition) is 0. The van der Waals surface area contributed by atoms with E-state index in [2.05, 4.69) is 9.97 Å².